The average molecular weight is 358 g/mol. The van der Waals surface area contributed by atoms with Gasteiger partial charge in [-0.3, -0.25) is 9.13 Å². The lowest BCUT2D eigenvalue weighted by molar-refractivity contribution is 0.195. The average Bonchev–Trinajstić information content (AvgIpc) is 2.44. The minimum atomic E-state index is -3.70. The van der Waals surface area contributed by atoms with E-state index in [-0.39, 0.29) is 39.5 Å². The molecule has 0 bridgehead atoms. The third kappa shape index (κ3) is 6.63. The molecule has 0 saturated carbocycles. The summed E-state index contributed by atoms with van der Waals surface area (Å²) in [7, 11) is -7.39. The summed E-state index contributed by atoms with van der Waals surface area (Å²) in [4.78, 5) is 0. The van der Waals surface area contributed by atoms with Crippen molar-refractivity contribution < 1.29 is 32.3 Å². The van der Waals surface area contributed by atoms with Crippen molar-refractivity contribution in [2.24, 2.45) is 0 Å². The van der Waals surface area contributed by atoms with Crippen LogP contribution in [-0.2, 0) is 27.2 Å². The fraction of sp³-hybridized carbons (Fsp3) is 0.846. The number of hydrogen-bond donors (Lipinski definition) is 1. The Hall–Kier alpha value is -0.0000000000000000416. The Morgan fingerprint density at radius 2 is 1.18 bits per heavy atom. The van der Waals surface area contributed by atoms with Crippen molar-refractivity contribution in [3.8, 4) is 0 Å². The SMILES string of the molecule is CCOP(=O)(OCC)C(CC=CCO)P(=O)(OCC)OCC. The Morgan fingerprint density at radius 1 is 0.818 bits per heavy atom. The van der Waals surface area contributed by atoms with Crippen LogP contribution < -0.4 is 0 Å². The fourth-order valence-corrected chi connectivity index (χ4v) is 7.08. The summed E-state index contributed by atoms with van der Waals surface area (Å²) in [5.41, 5.74) is 0. The van der Waals surface area contributed by atoms with Gasteiger partial charge in [-0.2, -0.15) is 0 Å². The van der Waals surface area contributed by atoms with Gasteiger partial charge in [0.25, 0.3) is 0 Å². The van der Waals surface area contributed by atoms with E-state index in [1.165, 1.54) is 6.08 Å². The van der Waals surface area contributed by atoms with Crippen LogP contribution >= 0.6 is 15.2 Å². The molecule has 0 atom stereocenters. The first-order valence-electron chi connectivity index (χ1n) is 7.47. The third-order valence-electron chi connectivity index (χ3n) is 2.59. The molecule has 0 spiro atoms. The van der Waals surface area contributed by atoms with E-state index in [1.54, 1.807) is 33.8 Å². The van der Waals surface area contributed by atoms with E-state index >= 15 is 0 Å². The monoisotopic (exact) mass is 358 g/mol. The highest BCUT2D eigenvalue weighted by molar-refractivity contribution is 7.72. The fourth-order valence-electron chi connectivity index (χ4n) is 1.86. The molecular weight excluding hydrogens is 330 g/mol. The Kier molecular flexibility index (Phi) is 11.5. The summed E-state index contributed by atoms with van der Waals surface area (Å²) in [6.07, 6.45) is 3.13. The smallest absolute Gasteiger partial charge is 0.346 e. The minimum absolute atomic E-state index is 0.0924. The molecule has 1 N–H and O–H groups in total. The number of rotatable bonds is 13. The van der Waals surface area contributed by atoms with E-state index in [0.29, 0.717) is 0 Å². The van der Waals surface area contributed by atoms with Crippen LogP contribution in [0.15, 0.2) is 12.2 Å². The van der Waals surface area contributed by atoms with Gasteiger partial charge in [0.2, 0.25) is 0 Å². The van der Waals surface area contributed by atoms with Crippen molar-refractivity contribution in [2.75, 3.05) is 33.0 Å². The second kappa shape index (κ2) is 11.5. The van der Waals surface area contributed by atoms with Crippen LogP contribution in [0.25, 0.3) is 0 Å². The molecule has 0 saturated heterocycles. The molecular formula is C13H28O7P2. The second-order valence-electron chi connectivity index (χ2n) is 4.12. The van der Waals surface area contributed by atoms with Crippen LogP contribution in [0, 0.1) is 0 Å². The molecule has 0 amide bonds. The van der Waals surface area contributed by atoms with Gasteiger partial charge < -0.3 is 23.2 Å². The molecule has 0 aliphatic heterocycles. The number of hydrogen-bond acceptors (Lipinski definition) is 7. The van der Waals surface area contributed by atoms with Crippen molar-refractivity contribution in [3.63, 3.8) is 0 Å². The molecule has 7 nitrogen and oxygen atoms in total. The Morgan fingerprint density at radius 3 is 1.45 bits per heavy atom. The molecule has 132 valence electrons. The van der Waals surface area contributed by atoms with E-state index in [2.05, 4.69) is 0 Å². The van der Waals surface area contributed by atoms with Gasteiger partial charge in [-0.05, 0) is 34.1 Å². The minimum Gasteiger partial charge on any atom is -0.392 e. The maximum absolute atomic E-state index is 13.0. The highest BCUT2D eigenvalue weighted by atomic mass is 31.2. The molecule has 0 aromatic heterocycles. The van der Waals surface area contributed by atoms with E-state index in [1.807, 2.05) is 0 Å². The maximum atomic E-state index is 13.0. The zero-order valence-electron chi connectivity index (χ0n) is 13.8. The predicted octanol–water partition coefficient (Wildman–Crippen LogP) is 3.78. The van der Waals surface area contributed by atoms with Crippen LogP contribution in [-0.4, -0.2) is 43.5 Å². The number of aliphatic hydroxyl groups is 1. The van der Waals surface area contributed by atoms with Crippen LogP contribution in [0.4, 0.5) is 0 Å². The highest BCUT2D eigenvalue weighted by Crippen LogP contribution is 2.71. The molecule has 0 aliphatic carbocycles. The van der Waals surface area contributed by atoms with Crippen molar-refractivity contribution in [3.05, 3.63) is 12.2 Å². The summed E-state index contributed by atoms with van der Waals surface area (Å²) in [6, 6.07) is 0. The molecule has 0 radical (unpaired) electrons. The second-order valence-corrected chi connectivity index (χ2v) is 8.97. The number of allylic oxidation sites excluding steroid dienone is 1. The van der Waals surface area contributed by atoms with Crippen molar-refractivity contribution in [1.82, 2.24) is 0 Å². The maximum Gasteiger partial charge on any atom is 0.346 e. The van der Waals surface area contributed by atoms with Gasteiger partial charge in [-0.1, -0.05) is 12.2 Å². The standard InChI is InChI=1S/C13H28O7P2/c1-5-17-21(15,18-6-2)13(11-9-10-12-14)22(16,19-7-3)20-8-4/h9-10,13-14H,5-8,11-12H2,1-4H3. The lowest BCUT2D eigenvalue weighted by Gasteiger charge is -2.30. The van der Waals surface area contributed by atoms with Gasteiger partial charge in [0, 0.05) is 0 Å². The Labute approximate surface area is 133 Å². The first kappa shape index (κ1) is 22.0. The van der Waals surface area contributed by atoms with E-state index in [9.17, 15) is 9.13 Å². The largest absolute Gasteiger partial charge is 0.392 e. The molecule has 0 rings (SSSR count). The third-order valence-corrected chi connectivity index (χ3v) is 8.64. The summed E-state index contributed by atoms with van der Waals surface area (Å²) in [5.74, 6) is 0. The molecule has 9 heteroatoms. The summed E-state index contributed by atoms with van der Waals surface area (Å²) in [5, 5.41) is 7.78. The van der Waals surface area contributed by atoms with E-state index in [4.69, 9.17) is 23.2 Å². The van der Waals surface area contributed by atoms with Crippen molar-refractivity contribution >= 4 is 15.2 Å². The predicted molar refractivity (Wildman–Crippen MR) is 86.3 cm³/mol. The Bertz CT molecular complexity index is 361. The van der Waals surface area contributed by atoms with Crippen LogP contribution in [0.3, 0.4) is 0 Å². The molecule has 22 heavy (non-hydrogen) atoms. The van der Waals surface area contributed by atoms with E-state index in [0.717, 1.165) is 0 Å². The molecule has 0 heterocycles. The lowest BCUT2D eigenvalue weighted by Crippen LogP contribution is -2.17. The first-order valence-corrected chi connectivity index (χ1v) is 10.7. The lowest BCUT2D eigenvalue weighted by atomic mass is 10.4. The molecule has 0 aromatic rings. The highest BCUT2D eigenvalue weighted by Gasteiger charge is 2.49. The molecule has 0 unspecified atom stereocenters. The van der Waals surface area contributed by atoms with Crippen molar-refractivity contribution in [2.45, 2.75) is 39.5 Å². The van der Waals surface area contributed by atoms with Gasteiger partial charge >= 0.3 is 15.2 Å². The van der Waals surface area contributed by atoms with Gasteiger partial charge in [-0.15, -0.1) is 0 Å². The van der Waals surface area contributed by atoms with Gasteiger partial charge in [0.1, 0.15) is 0 Å². The molecule has 0 fully saturated rings. The zero-order valence-corrected chi connectivity index (χ0v) is 15.6. The van der Waals surface area contributed by atoms with Gasteiger partial charge in [-0.25, -0.2) is 0 Å². The molecule has 0 aromatic carbocycles. The Balaban J connectivity index is 5.69. The quantitative estimate of drug-likeness (QED) is 0.396. The summed E-state index contributed by atoms with van der Waals surface area (Å²) in [6.45, 7) is 7.14. The first-order chi connectivity index (χ1) is 10.4. The van der Waals surface area contributed by atoms with E-state index < -0.39 is 20.6 Å². The normalized spacial score (nSPS) is 13.4. The summed E-state index contributed by atoms with van der Waals surface area (Å²) < 4.78 is 47.3. The van der Waals surface area contributed by atoms with Crippen LogP contribution in [0.2, 0.25) is 0 Å². The van der Waals surface area contributed by atoms with Crippen LogP contribution in [0.5, 0.6) is 0 Å². The molecule has 0 aliphatic rings. The topological polar surface area (TPSA) is 91.3 Å². The number of aliphatic hydroxyl groups excluding tert-OH is 1. The summed E-state index contributed by atoms with van der Waals surface area (Å²) >= 11 is 0. The zero-order chi connectivity index (χ0) is 17.1. The van der Waals surface area contributed by atoms with Gasteiger partial charge in [0.05, 0.1) is 33.0 Å². The van der Waals surface area contributed by atoms with Gasteiger partial charge in [0.15, 0.2) is 5.40 Å². The van der Waals surface area contributed by atoms with Crippen LogP contribution in [0.1, 0.15) is 34.1 Å². The van der Waals surface area contributed by atoms with Crippen molar-refractivity contribution in [1.29, 1.82) is 0 Å².